The van der Waals surface area contributed by atoms with E-state index >= 15 is 0 Å². The normalized spacial score (nSPS) is 11.4. The lowest BCUT2D eigenvalue weighted by molar-refractivity contribution is -0.139. The number of rotatable bonds is 2. The van der Waals surface area contributed by atoms with Crippen LogP contribution in [0.3, 0.4) is 0 Å². The molecule has 0 saturated carbocycles. The molecular weight excluding hydrogens is 247 g/mol. The average Bonchev–Trinajstić information content (AvgIpc) is 2.25. The first-order valence-electron chi connectivity index (χ1n) is 4.15. The van der Waals surface area contributed by atoms with E-state index in [2.05, 4.69) is 9.72 Å². The molecule has 1 rings (SSSR count). The Morgan fingerprint density at radius 3 is 2.35 bits per heavy atom. The number of ether oxygens (including phenoxy) is 1. The van der Waals surface area contributed by atoms with Gasteiger partial charge < -0.3 is 4.74 Å². The van der Waals surface area contributed by atoms with Crippen LogP contribution in [0.15, 0.2) is 6.07 Å². The fourth-order valence-corrected chi connectivity index (χ4v) is 1.16. The quantitative estimate of drug-likeness (QED) is 0.760. The summed E-state index contributed by atoms with van der Waals surface area (Å²) in [6.45, 7) is 0. The van der Waals surface area contributed by atoms with Crippen molar-refractivity contribution in [1.29, 1.82) is 5.26 Å². The lowest BCUT2D eigenvalue weighted by Crippen LogP contribution is -2.13. The Bertz CT molecular complexity index is 464. The minimum absolute atomic E-state index is 0.399. The third-order valence-electron chi connectivity index (χ3n) is 1.83. The molecule has 0 N–H and O–H groups in total. The van der Waals surface area contributed by atoms with Crippen molar-refractivity contribution >= 4 is 0 Å². The van der Waals surface area contributed by atoms with Crippen LogP contribution >= 0.6 is 0 Å². The van der Waals surface area contributed by atoms with E-state index in [1.807, 2.05) is 0 Å². The molecule has 1 aromatic heterocycles. The number of aromatic nitrogens is 1. The van der Waals surface area contributed by atoms with E-state index < -0.39 is 35.3 Å². The second kappa shape index (κ2) is 4.53. The van der Waals surface area contributed by atoms with Gasteiger partial charge in [0.2, 0.25) is 5.88 Å². The van der Waals surface area contributed by atoms with Crippen molar-refractivity contribution in [3.63, 3.8) is 0 Å². The predicted molar refractivity (Wildman–Crippen MR) is 45.5 cm³/mol. The molecule has 8 heteroatoms. The third kappa shape index (κ3) is 2.61. The lowest BCUT2D eigenvalue weighted by Gasteiger charge is -2.13. The summed E-state index contributed by atoms with van der Waals surface area (Å²) in [5, 5.41) is 8.53. The van der Waals surface area contributed by atoms with Gasteiger partial charge in [0.25, 0.3) is 6.43 Å². The highest BCUT2D eigenvalue weighted by molar-refractivity contribution is 5.46. The number of nitrogens with zero attached hydrogens (tertiary/aromatic N) is 2. The van der Waals surface area contributed by atoms with Crippen molar-refractivity contribution < 1.29 is 26.7 Å². The fraction of sp³-hybridized carbons (Fsp3) is 0.333. The maximum atomic E-state index is 12.6. The highest BCUT2D eigenvalue weighted by atomic mass is 19.4. The van der Waals surface area contributed by atoms with Crippen molar-refractivity contribution in [2.45, 2.75) is 12.6 Å². The monoisotopic (exact) mass is 252 g/mol. The topological polar surface area (TPSA) is 45.9 Å². The lowest BCUT2D eigenvalue weighted by atomic mass is 10.1. The number of nitriles is 1. The van der Waals surface area contributed by atoms with Gasteiger partial charge in [-0.1, -0.05) is 0 Å². The molecule has 0 aliphatic heterocycles. The van der Waals surface area contributed by atoms with E-state index in [9.17, 15) is 22.0 Å². The summed E-state index contributed by atoms with van der Waals surface area (Å²) in [4.78, 5) is 3.02. The molecule has 0 spiro atoms. The number of alkyl halides is 5. The summed E-state index contributed by atoms with van der Waals surface area (Å²) < 4.78 is 66.6. The maximum Gasteiger partial charge on any atom is 0.422 e. The van der Waals surface area contributed by atoms with Crippen molar-refractivity contribution in [3.8, 4) is 11.9 Å². The molecule has 1 heterocycles. The van der Waals surface area contributed by atoms with E-state index in [-0.39, 0.29) is 0 Å². The van der Waals surface area contributed by atoms with Gasteiger partial charge in [-0.25, -0.2) is 13.8 Å². The van der Waals surface area contributed by atoms with Gasteiger partial charge in [-0.3, -0.25) is 0 Å². The Labute approximate surface area is 92.4 Å². The summed E-state index contributed by atoms with van der Waals surface area (Å²) >= 11 is 0. The van der Waals surface area contributed by atoms with Crippen LogP contribution in [0.4, 0.5) is 22.0 Å². The number of hydrogen-bond donors (Lipinski definition) is 0. The Balaban J connectivity index is 3.55. The van der Waals surface area contributed by atoms with Gasteiger partial charge in [-0.2, -0.15) is 18.4 Å². The van der Waals surface area contributed by atoms with Crippen LogP contribution in [0.1, 0.15) is 23.2 Å². The molecule has 1 aromatic rings. The summed E-state index contributed by atoms with van der Waals surface area (Å²) in [7, 11) is 0.855. The number of pyridine rings is 1. The zero-order valence-corrected chi connectivity index (χ0v) is 8.35. The molecule has 0 aliphatic rings. The van der Waals surface area contributed by atoms with Crippen molar-refractivity contribution in [3.05, 3.63) is 22.9 Å². The van der Waals surface area contributed by atoms with E-state index in [4.69, 9.17) is 5.26 Å². The molecule has 0 amide bonds. The minimum Gasteiger partial charge on any atom is -0.481 e. The van der Waals surface area contributed by atoms with E-state index in [0.29, 0.717) is 6.07 Å². The first kappa shape index (κ1) is 13.2. The molecule has 0 aromatic carbocycles. The molecule has 0 fully saturated rings. The predicted octanol–water partition coefficient (Wildman–Crippen LogP) is 2.92. The molecule has 17 heavy (non-hydrogen) atoms. The maximum absolute atomic E-state index is 12.6. The first-order valence-corrected chi connectivity index (χ1v) is 4.15. The smallest absolute Gasteiger partial charge is 0.422 e. The SMILES string of the molecule is COc1nc(C(F)F)cc(C#N)c1C(F)(F)F. The minimum atomic E-state index is -4.90. The number of methoxy groups -OCH3 is 1. The Morgan fingerprint density at radius 2 is 2.00 bits per heavy atom. The van der Waals surface area contributed by atoms with Gasteiger partial charge in [0, 0.05) is 0 Å². The zero-order chi connectivity index (χ0) is 13.2. The summed E-state index contributed by atoms with van der Waals surface area (Å²) in [5.41, 5.74) is -3.34. The van der Waals surface area contributed by atoms with Crippen LogP contribution < -0.4 is 4.74 Å². The van der Waals surface area contributed by atoms with Crippen LogP contribution in [-0.2, 0) is 6.18 Å². The van der Waals surface area contributed by atoms with Gasteiger partial charge in [-0.05, 0) is 6.07 Å². The number of halogens is 5. The van der Waals surface area contributed by atoms with Crippen LogP contribution in [0.2, 0.25) is 0 Å². The average molecular weight is 252 g/mol. The van der Waals surface area contributed by atoms with E-state index in [1.54, 1.807) is 0 Å². The van der Waals surface area contributed by atoms with E-state index in [0.717, 1.165) is 7.11 Å². The molecule has 0 saturated heterocycles. The van der Waals surface area contributed by atoms with Gasteiger partial charge in [-0.15, -0.1) is 0 Å². The van der Waals surface area contributed by atoms with Crippen LogP contribution in [0.5, 0.6) is 5.88 Å². The van der Waals surface area contributed by atoms with Crippen molar-refractivity contribution in [2.24, 2.45) is 0 Å². The van der Waals surface area contributed by atoms with E-state index in [1.165, 1.54) is 6.07 Å². The van der Waals surface area contributed by atoms with Gasteiger partial charge in [0.1, 0.15) is 17.3 Å². The molecule has 92 valence electrons. The Hall–Kier alpha value is -1.91. The van der Waals surface area contributed by atoms with Crippen molar-refractivity contribution in [1.82, 2.24) is 4.98 Å². The highest BCUT2D eigenvalue weighted by Gasteiger charge is 2.39. The van der Waals surface area contributed by atoms with Gasteiger partial charge >= 0.3 is 6.18 Å². The van der Waals surface area contributed by atoms with Gasteiger partial charge in [0.05, 0.1) is 12.7 Å². The highest BCUT2D eigenvalue weighted by Crippen LogP contribution is 2.38. The molecule has 0 unspecified atom stereocenters. The second-order valence-corrected chi connectivity index (χ2v) is 2.89. The molecule has 3 nitrogen and oxygen atoms in total. The van der Waals surface area contributed by atoms with Crippen LogP contribution in [0, 0.1) is 11.3 Å². The largest absolute Gasteiger partial charge is 0.481 e. The summed E-state index contributed by atoms with van der Waals surface area (Å²) in [6.07, 6.45) is -7.98. The second-order valence-electron chi connectivity index (χ2n) is 2.89. The van der Waals surface area contributed by atoms with Gasteiger partial charge in [0.15, 0.2) is 0 Å². The first-order chi connectivity index (χ1) is 7.81. The Morgan fingerprint density at radius 1 is 1.41 bits per heavy atom. The Kier molecular flexibility index (Phi) is 3.50. The number of hydrogen-bond acceptors (Lipinski definition) is 3. The van der Waals surface area contributed by atoms with Crippen molar-refractivity contribution in [2.75, 3.05) is 7.11 Å². The molecule has 0 atom stereocenters. The standard InChI is InChI=1S/C9H5F5N2O/c1-17-8-6(9(12,13)14)4(3-15)2-5(16-8)7(10)11/h2,7H,1H3. The molecular formula is C9H5F5N2O. The third-order valence-corrected chi connectivity index (χ3v) is 1.83. The summed E-state index contributed by atoms with van der Waals surface area (Å²) in [6, 6.07) is 1.60. The molecule has 0 radical (unpaired) electrons. The molecule has 0 bridgehead atoms. The van der Waals surface area contributed by atoms with Crippen LogP contribution in [-0.4, -0.2) is 12.1 Å². The van der Waals surface area contributed by atoms with Crippen LogP contribution in [0.25, 0.3) is 0 Å². The zero-order valence-electron chi connectivity index (χ0n) is 8.35. The molecule has 0 aliphatic carbocycles. The fourth-order valence-electron chi connectivity index (χ4n) is 1.16. The summed E-state index contributed by atoms with van der Waals surface area (Å²) in [5.74, 6) is -1.04.